The molecule has 0 radical (unpaired) electrons. The van der Waals surface area contributed by atoms with Gasteiger partial charge in [-0.25, -0.2) is 8.78 Å². The molecular formula is C21H23F2NO2. The smallest absolute Gasteiger partial charge is 0.257 e. The van der Waals surface area contributed by atoms with Crippen LogP contribution in [0, 0.1) is 24.5 Å². The molecule has 26 heavy (non-hydrogen) atoms. The maximum absolute atomic E-state index is 13.3. The molecule has 2 aromatic carbocycles. The van der Waals surface area contributed by atoms with Gasteiger partial charge in [0.25, 0.3) is 5.91 Å². The number of likely N-dealkylation sites (tertiary alicyclic amines) is 1. The summed E-state index contributed by atoms with van der Waals surface area (Å²) in [5.74, 6) is -1.48. The summed E-state index contributed by atoms with van der Waals surface area (Å²) in [5, 5.41) is 10.0. The van der Waals surface area contributed by atoms with Gasteiger partial charge in [-0.05, 0) is 73.9 Å². The third-order valence-electron chi connectivity index (χ3n) is 5.02. The van der Waals surface area contributed by atoms with Crippen molar-refractivity contribution < 1.29 is 18.7 Å². The molecule has 5 heteroatoms. The SMILES string of the molecule is Cc1ccc(C(=O)N2CCCC(CCc3ccc(F)c(F)c3)C2)c(O)c1. The highest BCUT2D eigenvalue weighted by Crippen LogP contribution is 2.26. The monoisotopic (exact) mass is 359 g/mol. The van der Waals surface area contributed by atoms with E-state index in [0.717, 1.165) is 36.5 Å². The van der Waals surface area contributed by atoms with Gasteiger partial charge in [0, 0.05) is 13.1 Å². The lowest BCUT2D eigenvalue weighted by molar-refractivity contribution is 0.0665. The van der Waals surface area contributed by atoms with Crippen molar-refractivity contribution in [2.45, 2.75) is 32.6 Å². The third kappa shape index (κ3) is 4.21. The Hall–Kier alpha value is -2.43. The zero-order valence-corrected chi connectivity index (χ0v) is 14.8. The molecule has 0 spiro atoms. The van der Waals surface area contributed by atoms with E-state index in [1.807, 2.05) is 13.0 Å². The van der Waals surface area contributed by atoms with Crippen LogP contribution in [0.1, 0.15) is 40.7 Å². The molecular weight excluding hydrogens is 336 g/mol. The van der Waals surface area contributed by atoms with Crippen molar-refractivity contribution in [1.82, 2.24) is 4.90 Å². The third-order valence-corrected chi connectivity index (χ3v) is 5.02. The Balaban J connectivity index is 1.61. The van der Waals surface area contributed by atoms with Gasteiger partial charge in [0.15, 0.2) is 11.6 Å². The minimum atomic E-state index is -0.832. The number of carbonyl (C=O) groups excluding carboxylic acids is 1. The van der Waals surface area contributed by atoms with Gasteiger partial charge in [-0.3, -0.25) is 4.79 Å². The Morgan fingerprint density at radius 3 is 2.73 bits per heavy atom. The Morgan fingerprint density at radius 1 is 1.19 bits per heavy atom. The van der Waals surface area contributed by atoms with E-state index >= 15 is 0 Å². The highest BCUT2D eigenvalue weighted by molar-refractivity contribution is 5.97. The molecule has 1 aliphatic rings. The number of rotatable bonds is 4. The largest absolute Gasteiger partial charge is 0.507 e. The van der Waals surface area contributed by atoms with Gasteiger partial charge >= 0.3 is 0 Å². The maximum atomic E-state index is 13.3. The minimum absolute atomic E-state index is 0.0129. The Bertz CT molecular complexity index is 807. The van der Waals surface area contributed by atoms with Crippen molar-refractivity contribution in [3.8, 4) is 5.75 Å². The van der Waals surface area contributed by atoms with Crippen LogP contribution < -0.4 is 0 Å². The topological polar surface area (TPSA) is 40.5 Å². The summed E-state index contributed by atoms with van der Waals surface area (Å²) in [4.78, 5) is 14.5. The second-order valence-corrected chi connectivity index (χ2v) is 7.07. The van der Waals surface area contributed by atoms with Gasteiger partial charge in [-0.1, -0.05) is 12.1 Å². The predicted octanol–water partition coefficient (Wildman–Crippen LogP) is 4.46. The molecule has 138 valence electrons. The predicted molar refractivity (Wildman–Crippen MR) is 96.2 cm³/mol. The zero-order valence-electron chi connectivity index (χ0n) is 14.8. The Labute approximate surface area is 152 Å². The number of hydrogen-bond donors (Lipinski definition) is 1. The van der Waals surface area contributed by atoms with Gasteiger partial charge in [-0.2, -0.15) is 0 Å². The molecule has 0 aliphatic carbocycles. The van der Waals surface area contributed by atoms with E-state index in [-0.39, 0.29) is 11.7 Å². The van der Waals surface area contributed by atoms with E-state index in [2.05, 4.69) is 0 Å². The lowest BCUT2D eigenvalue weighted by atomic mass is 9.91. The number of aromatic hydroxyl groups is 1. The normalized spacial score (nSPS) is 17.3. The second-order valence-electron chi connectivity index (χ2n) is 7.07. The average molecular weight is 359 g/mol. The quantitative estimate of drug-likeness (QED) is 0.875. The summed E-state index contributed by atoms with van der Waals surface area (Å²) in [6, 6.07) is 9.08. The molecule has 3 rings (SSSR count). The molecule has 1 amide bonds. The maximum Gasteiger partial charge on any atom is 0.257 e. The molecule has 1 atom stereocenters. The Morgan fingerprint density at radius 2 is 2.00 bits per heavy atom. The van der Waals surface area contributed by atoms with Gasteiger partial charge in [0.1, 0.15) is 5.75 Å². The van der Waals surface area contributed by atoms with Crippen molar-refractivity contribution in [3.05, 3.63) is 64.7 Å². The van der Waals surface area contributed by atoms with Gasteiger partial charge in [0.2, 0.25) is 0 Å². The average Bonchev–Trinajstić information content (AvgIpc) is 2.62. The Kier molecular flexibility index (Phi) is 5.55. The summed E-state index contributed by atoms with van der Waals surface area (Å²) in [5.41, 5.74) is 2.00. The first kappa shape index (κ1) is 18.4. The molecule has 1 fully saturated rings. The number of phenols is 1. The van der Waals surface area contributed by atoms with E-state index in [9.17, 15) is 18.7 Å². The number of aryl methyl sites for hydroxylation is 2. The van der Waals surface area contributed by atoms with Crippen LogP contribution in [0.25, 0.3) is 0 Å². The van der Waals surface area contributed by atoms with Crippen LogP contribution in [0.5, 0.6) is 5.75 Å². The summed E-state index contributed by atoms with van der Waals surface area (Å²) >= 11 is 0. The van der Waals surface area contributed by atoms with Crippen LogP contribution in [-0.4, -0.2) is 29.0 Å². The number of amides is 1. The number of hydrogen-bond acceptors (Lipinski definition) is 2. The van der Waals surface area contributed by atoms with E-state index in [1.165, 1.54) is 6.07 Å². The van der Waals surface area contributed by atoms with Crippen LogP contribution in [-0.2, 0) is 6.42 Å². The summed E-state index contributed by atoms with van der Waals surface area (Å²) in [6.07, 6.45) is 3.38. The van der Waals surface area contributed by atoms with Crippen LogP contribution in [0.4, 0.5) is 8.78 Å². The first-order valence-corrected chi connectivity index (χ1v) is 8.97. The molecule has 1 saturated heterocycles. The standard InChI is InChI=1S/C21H23F2NO2/c1-14-4-8-17(20(25)11-14)21(26)24-10-2-3-16(13-24)6-5-15-7-9-18(22)19(23)12-15/h4,7-9,11-12,16,25H,2-3,5-6,10,13H2,1H3. The second kappa shape index (κ2) is 7.85. The lowest BCUT2D eigenvalue weighted by Gasteiger charge is -2.33. The fourth-order valence-corrected chi connectivity index (χ4v) is 3.54. The van der Waals surface area contributed by atoms with Crippen LogP contribution >= 0.6 is 0 Å². The summed E-state index contributed by atoms with van der Waals surface area (Å²) in [6.45, 7) is 3.16. The van der Waals surface area contributed by atoms with Crippen LogP contribution in [0.3, 0.4) is 0 Å². The first-order valence-electron chi connectivity index (χ1n) is 8.97. The van der Waals surface area contributed by atoms with Crippen molar-refractivity contribution in [3.63, 3.8) is 0 Å². The molecule has 1 N–H and O–H groups in total. The summed E-state index contributed by atoms with van der Waals surface area (Å²) in [7, 11) is 0. The number of nitrogens with zero attached hydrogens (tertiary/aromatic N) is 1. The van der Waals surface area contributed by atoms with E-state index in [1.54, 1.807) is 23.1 Å². The van der Waals surface area contributed by atoms with E-state index in [0.29, 0.717) is 31.0 Å². The molecule has 0 bridgehead atoms. The summed E-state index contributed by atoms with van der Waals surface area (Å²) < 4.78 is 26.3. The highest BCUT2D eigenvalue weighted by Gasteiger charge is 2.25. The zero-order chi connectivity index (χ0) is 18.7. The lowest BCUT2D eigenvalue weighted by Crippen LogP contribution is -2.40. The van der Waals surface area contributed by atoms with Gasteiger partial charge < -0.3 is 10.0 Å². The number of phenolic OH excluding ortho intramolecular Hbond substituents is 1. The van der Waals surface area contributed by atoms with Crippen molar-refractivity contribution in [2.24, 2.45) is 5.92 Å². The molecule has 0 saturated carbocycles. The van der Waals surface area contributed by atoms with E-state index in [4.69, 9.17) is 0 Å². The number of halogens is 2. The number of carbonyl (C=O) groups is 1. The van der Waals surface area contributed by atoms with Crippen molar-refractivity contribution in [1.29, 1.82) is 0 Å². The van der Waals surface area contributed by atoms with Crippen LogP contribution in [0.2, 0.25) is 0 Å². The fourth-order valence-electron chi connectivity index (χ4n) is 3.54. The van der Waals surface area contributed by atoms with Gasteiger partial charge in [-0.15, -0.1) is 0 Å². The van der Waals surface area contributed by atoms with Gasteiger partial charge in [0.05, 0.1) is 5.56 Å². The molecule has 2 aromatic rings. The number of benzene rings is 2. The highest BCUT2D eigenvalue weighted by atomic mass is 19.2. The van der Waals surface area contributed by atoms with Crippen molar-refractivity contribution in [2.75, 3.05) is 13.1 Å². The molecule has 1 heterocycles. The molecule has 3 nitrogen and oxygen atoms in total. The van der Waals surface area contributed by atoms with Crippen molar-refractivity contribution >= 4 is 5.91 Å². The minimum Gasteiger partial charge on any atom is -0.507 e. The fraction of sp³-hybridized carbons (Fsp3) is 0.381. The molecule has 1 unspecified atom stereocenters. The first-order chi connectivity index (χ1) is 12.4. The molecule has 1 aliphatic heterocycles. The number of piperidine rings is 1. The molecule has 0 aromatic heterocycles. The van der Waals surface area contributed by atoms with Crippen LogP contribution in [0.15, 0.2) is 36.4 Å². The van der Waals surface area contributed by atoms with E-state index < -0.39 is 11.6 Å².